The van der Waals surface area contributed by atoms with Crippen LogP contribution in [-0.2, 0) is 9.53 Å². The molecule has 0 spiro atoms. The lowest BCUT2D eigenvalue weighted by Crippen LogP contribution is -2.17. The zero-order valence-electron chi connectivity index (χ0n) is 14.6. The number of hydrogen-bond donors (Lipinski definition) is 0. The van der Waals surface area contributed by atoms with E-state index in [4.69, 9.17) is 25.5 Å². The minimum atomic E-state index is -0.753. The highest BCUT2D eigenvalue weighted by Crippen LogP contribution is 2.25. The summed E-state index contributed by atoms with van der Waals surface area (Å²) >= 11 is 5.83. The fourth-order valence-electron chi connectivity index (χ4n) is 2.22. The van der Waals surface area contributed by atoms with Crippen molar-refractivity contribution in [1.82, 2.24) is 10.2 Å². The summed E-state index contributed by atoms with van der Waals surface area (Å²) in [5.74, 6) is -0.467. The van der Waals surface area contributed by atoms with Crippen molar-refractivity contribution in [3.63, 3.8) is 0 Å². The molecule has 6 nitrogen and oxygen atoms in total. The van der Waals surface area contributed by atoms with E-state index < -0.39 is 24.5 Å². The van der Waals surface area contributed by atoms with Crippen molar-refractivity contribution in [2.45, 2.75) is 20.0 Å². The van der Waals surface area contributed by atoms with Crippen molar-refractivity contribution in [2.75, 3.05) is 6.61 Å². The summed E-state index contributed by atoms with van der Waals surface area (Å²) in [6.45, 7) is 3.19. The second kappa shape index (κ2) is 8.18. The van der Waals surface area contributed by atoms with Crippen LogP contribution in [0.5, 0.6) is 5.75 Å². The Labute approximate surface area is 159 Å². The van der Waals surface area contributed by atoms with Crippen LogP contribution in [0.1, 0.15) is 24.5 Å². The molecule has 0 radical (unpaired) electrons. The second-order valence-electron chi connectivity index (χ2n) is 5.81. The van der Waals surface area contributed by atoms with E-state index in [-0.39, 0.29) is 16.7 Å². The second-order valence-corrected chi connectivity index (χ2v) is 6.21. The van der Waals surface area contributed by atoms with Crippen molar-refractivity contribution in [3.8, 4) is 17.2 Å². The zero-order valence-corrected chi connectivity index (χ0v) is 15.4. The van der Waals surface area contributed by atoms with Crippen LogP contribution in [0.3, 0.4) is 0 Å². The van der Waals surface area contributed by atoms with Gasteiger partial charge in [-0.3, -0.25) is 0 Å². The van der Waals surface area contributed by atoms with Gasteiger partial charge in [-0.25, -0.2) is 9.18 Å². The Morgan fingerprint density at radius 3 is 2.67 bits per heavy atom. The molecule has 1 atom stereocenters. The molecule has 0 fully saturated rings. The number of benzene rings is 2. The maximum atomic E-state index is 13.0. The molecule has 0 aliphatic carbocycles. The van der Waals surface area contributed by atoms with Gasteiger partial charge in [0.05, 0.1) is 5.02 Å². The third-order valence-electron chi connectivity index (χ3n) is 3.63. The van der Waals surface area contributed by atoms with Gasteiger partial charge >= 0.3 is 5.97 Å². The number of halogens is 2. The molecule has 0 saturated carbocycles. The smallest absolute Gasteiger partial charge is 0.344 e. The van der Waals surface area contributed by atoms with E-state index in [0.717, 1.165) is 17.2 Å². The molecule has 0 saturated heterocycles. The number of carbonyl (C=O) groups excluding carboxylic acids is 1. The van der Waals surface area contributed by atoms with Gasteiger partial charge in [0, 0.05) is 5.56 Å². The average Bonchev–Trinajstić information content (AvgIpc) is 3.12. The standard InChI is InChI=1S/C19H16ClFN2O4/c1-11-3-5-13(6-4-11)19-23-22-18(27-19)12(2)26-17(24)10-25-16-8-7-14(21)9-15(16)20/h3-9,12H,10H2,1-2H3/t12-/m0/s1. The molecule has 3 rings (SSSR count). The highest BCUT2D eigenvalue weighted by molar-refractivity contribution is 6.32. The molecule has 0 aliphatic rings. The minimum absolute atomic E-state index is 0.0653. The molecule has 2 aromatic carbocycles. The Balaban J connectivity index is 1.57. The van der Waals surface area contributed by atoms with Crippen LogP contribution in [0.2, 0.25) is 5.02 Å². The van der Waals surface area contributed by atoms with Gasteiger partial charge < -0.3 is 13.9 Å². The largest absolute Gasteiger partial charge is 0.480 e. The quantitative estimate of drug-likeness (QED) is 0.576. The lowest BCUT2D eigenvalue weighted by Gasteiger charge is -2.11. The van der Waals surface area contributed by atoms with Crippen LogP contribution < -0.4 is 4.74 Å². The topological polar surface area (TPSA) is 74.5 Å². The van der Waals surface area contributed by atoms with Crippen LogP contribution in [0.4, 0.5) is 4.39 Å². The third kappa shape index (κ3) is 4.83. The first-order valence-corrected chi connectivity index (χ1v) is 8.48. The van der Waals surface area contributed by atoms with Crippen LogP contribution in [0, 0.1) is 12.7 Å². The summed E-state index contributed by atoms with van der Waals surface area (Å²) in [5, 5.41) is 7.94. The first-order chi connectivity index (χ1) is 12.9. The SMILES string of the molecule is Cc1ccc(-c2nnc([C@H](C)OC(=O)COc3ccc(F)cc3Cl)o2)cc1. The highest BCUT2D eigenvalue weighted by Gasteiger charge is 2.19. The van der Waals surface area contributed by atoms with E-state index in [1.54, 1.807) is 6.92 Å². The number of esters is 1. The highest BCUT2D eigenvalue weighted by atomic mass is 35.5. The van der Waals surface area contributed by atoms with Crippen molar-refractivity contribution in [3.05, 3.63) is 64.8 Å². The zero-order chi connectivity index (χ0) is 19.4. The fourth-order valence-corrected chi connectivity index (χ4v) is 2.44. The molecule has 140 valence electrons. The number of ether oxygens (including phenoxy) is 2. The van der Waals surface area contributed by atoms with Crippen LogP contribution in [0.15, 0.2) is 46.9 Å². The molecule has 0 amide bonds. The van der Waals surface area contributed by atoms with Gasteiger partial charge in [-0.2, -0.15) is 0 Å². The van der Waals surface area contributed by atoms with Crippen molar-refractivity contribution in [1.29, 1.82) is 0 Å². The Morgan fingerprint density at radius 1 is 1.22 bits per heavy atom. The van der Waals surface area contributed by atoms with E-state index >= 15 is 0 Å². The Kier molecular flexibility index (Phi) is 5.71. The maximum absolute atomic E-state index is 13.0. The van der Waals surface area contributed by atoms with Crippen molar-refractivity contribution in [2.24, 2.45) is 0 Å². The van der Waals surface area contributed by atoms with E-state index in [1.807, 2.05) is 31.2 Å². The Hall–Kier alpha value is -2.93. The van der Waals surface area contributed by atoms with Gasteiger partial charge in [-0.15, -0.1) is 10.2 Å². The molecule has 0 unspecified atom stereocenters. The normalized spacial score (nSPS) is 11.9. The monoisotopic (exact) mass is 390 g/mol. The van der Waals surface area contributed by atoms with E-state index in [0.29, 0.717) is 5.89 Å². The summed E-state index contributed by atoms with van der Waals surface area (Å²) in [6, 6.07) is 11.2. The first-order valence-electron chi connectivity index (χ1n) is 8.10. The van der Waals surface area contributed by atoms with Gasteiger partial charge in [0.25, 0.3) is 5.89 Å². The third-order valence-corrected chi connectivity index (χ3v) is 3.93. The number of aromatic nitrogens is 2. The molecule has 27 heavy (non-hydrogen) atoms. The summed E-state index contributed by atoms with van der Waals surface area (Å²) < 4.78 is 29.0. The molecular weight excluding hydrogens is 375 g/mol. The van der Waals surface area contributed by atoms with Gasteiger partial charge in [0.2, 0.25) is 5.89 Å². The molecule has 0 bridgehead atoms. The molecule has 8 heteroatoms. The van der Waals surface area contributed by atoms with Gasteiger partial charge in [-0.1, -0.05) is 29.3 Å². The molecule has 0 aliphatic heterocycles. The van der Waals surface area contributed by atoms with Gasteiger partial charge in [0.15, 0.2) is 12.7 Å². The first kappa shape index (κ1) is 18.8. The number of rotatable bonds is 6. The van der Waals surface area contributed by atoms with E-state index in [9.17, 15) is 9.18 Å². The summed E-state index contributed by atoms with van der Waals surface area (Å²) in [4.78, 5) is 11.9. The van der Waals surface area contributed by atoms with Crippen molar-refractivity contribution < 1.29 is 23.1 Å². The van der Waals surface area contributed by atoms with E-state index in [2.05, 4.69) is 10.2 Å². The molecule has 1 heterocycles. The number of aryl methyl sites for hydroxylation is 1. The predicted octanol–water partition coefficient (Wildman–Crippen LogP) is 4.52. The lowest BCUT2D eigenvalue weighted by atomic mass is 10.1. The average molecular weight is 391 g/mol. The molecule has 1 aromatic heterocycles. The molecular formula is C19H16ClFN2O4. The van der Waals surface area contributed by atoms with Gasteiger partial charge in [-0.05, 0) is 44.2 Å². The maximum Gasteiger partial charge on any atom is 0.344 e. The number of hydrogen-bond acceptors (Lipinski definition) is 6. The van der Waals surface area contributed by atoms with Crippen LogP contribution in [-0.4, -0.2) is 22.8 Å². The summed E-state index contributed by atoms with van der Waals surface area (Å²) in [6.07, 6.45) is -0.753. The van der Waals surface area contributed by atoms with Gasteiger partial charge in [0.1, 0.15) is 11.6 Å². The Bertz CT molecular complexity index is 943. The lowest BCUT2D eigenvalue weighted by molar-refractivity contribution is -0.152. The Morgan fingerprint density at radius 2 is 1.96 bits per heavy atom. The van der Waals surface area contributed by atoms with Crippen LogP contribution in [0.25, 0.3) is 11.5 Å². The number of carbonyl (C=O) groups is 1. The van der Waals surface area contributed by atoms with Crippen LogP contribution >= 0.6 is 11.6 Å². The minimum Gasteiger partial charge on any atom is -0.480 e. The molecule has 0 N–H and O–H groups in total. The fraction of sp³-hybridized carbons (Fsp3) is 0.211. The summed E-state index contributed by atoms with van der Waals surface area (Å²) in [7, 11) is 0. The molecule has 3 aromatic rings. The van der Waals surface area contributed by atoms with E-state index in [1.165, 1.54) is 12.1 Å². The number of nitrogens with zero attached hydrogens (tertiary/aromatic N) is 2. The predicted molar refractivity (Wildman–Crippen MR) is 95.9 cm³/mol. The van der Waals surface area contributed by atoms with Crippen molar-refractivity contribution >= 4 is 17.6 Å². The summed E-state index contributed by atoms with van der Waals surface area (Å²) in [5.41, 5.74) is 1.88.